The Morgan fingerprint density at radius 2 is 1.95 bits per heavy atom. The van der Waals surface area contributed by atoms with Crippen LogP contribution in [-0.2, 0) is 4.79 Å². The number of aliphatic carboxylic acids is 1. The number of rotatable bonds is 3. The van der Waals surface area contributed by atoms with Crippen LogP contribution in [0.2, 0.25) is 0 Å². The zero-order valence-electron chi connectivity index (χ0n) is 10.9. The van der Waals surface area contributed by atoms with Crippen LogP contribution in [0.5, 0.6) is 0 Å². The Morgan fingerprint density at radius 1 is 1.20 bits per heavy atom. The van der Waals surface area contributed by atoms with Crippen LogP contribution >= 0.6 is 0 Å². The van der Waals surface area contributed by atoms with E-state index in [2.05, 4.69) is 10.3 Å². The maximum atomic E-state index is 11.1. The molecule has 0 spiro atoms. The quantitative estimate of drug-likeness (QED) is 0.792. The molecule has 3 aromatic rings. The van der Waals surface area contributed by atoms with Gasteiger partial charge in [0.25, 0.3) is 0 Å². The van der Waals surface area contributed by atoms with Crippen molar-refractivity contribution in [2.45, 2.75) is 13.0 Å². The minimum atomic E-state index is -0.933. The second-order valence-electron chi connectivity index (χ2n) is 4.64. The highest BCUT2D eigenvalue weighted by Gasteiger charge is 2.18. The van der Waals surface area contributed by atoms with E-state index >= 15 is 0 Å². The van der Waals surface area contributed by atoms with Crippen molar-refractivity contribution in [1.82, 2.24) is 15.0 Å². The lowest BCUT2D eigenvalue weighted by molar-refractivity contribution is -0.140. The molecule has 0 fully saturated rings. The van der Waals surface area contributed by atoms with Gasteiger partial charge in [-0.3, -0.25) is 0 Å². The predicted molar refractivity (Wildman–Crippen MR) is 75.3 cm³/mol. The van der Waals surface area contributed by atoms with Crippen molar-refractivity contribution < 1.29 is 9.90 Å². The van der Waals surface area contributed by atoms with Crippen molar-refractivity contribution in [2.75, 3.05) is 0 Å². The third kappa shape index (κ3) is 2.03. The van der Waals surface area contributed by atoms with E-state index in [0.717, 1.165) is 16.3 Å². The first-order valence-corrected chi connectivity index (χ1v) is 6.29. The van der Waals surface area contributed by atoms with Gasteiger partial charge in [-0.15, -0.1) is 5.10 Å². The van der Waals surface area contributed by atoms with E-state index in [9.17, 15) is 4.79 Å². The van der Waals surface area contributed by atoms with Gasteiger partial charge in [0.15, 0.2) is 0 Å². The lowest BCUT2D eigenvalue weighted by Crippen LogP contribution is -2.17. The van der Waals surface area contributed by atoms with Gasteiger partial charge < -0.3 is 5.11 Å². The predicted octanol–water partition coefficient (Wildman–Crippen LogP) is 2.74. The summed E-state index contributed by atoms with van der Waals surface area (Å²) in [4.78, 5) is 11.1. The number of hydrogen-bond acceptors (Lipinski definition) is 3. The molecule has 0 saturated heterocycles. The summed E-state index contributed by atoms with van der Waals surface area (Å²) in [6.07, 6.45) is 1.59. The van der Waals surface area contributed by atoms with Gasteiger partial charge in [0.05, 0.1) is 11.9 Å². The average molecular weight is 267 g/mol. The normalized spacial score (nSPS) is 12.4. The Labute approximate surface area is 115 Å². The molecule has 20 heavy (non-hydrogen) atoms. The molecule has 1 aromatic heterocycles. The first kappa shape index (κ1) is 12.3. The molecule has 0 aliphatic carbocycles. The number of benzene rings is 2. The lowest BCUT2D eigenvalue weighted by atomic mass is 10.1. The molecule has 3 rings (SSSR count). The topological polar surface area (TPSA) is 68.0 Å². The Kier molecular flexibility index (Phi) is 2.95. The van der Waals surface area contributed by atoms with Gasteiger partial charge >= 0.3 is 5.97 Å². The molecule has 2 aromatic carbocycles. The molecule has 100 valence electrons. The van der Waals surface area contributed by atoms with Crippen LogP contribution < -0.4 is 0 Å². The SMILES string of the molecule is CC(C(=O)O)n1nncc1-c1ccc2ccccc2c1. The highest BCUT2D eigenvalue weighted by molar-refractivity contribution is 5.86. The average Bonchev–Trinajstić information content (AvgIpc) is 2.95. The van der Waals surface area contributed by atoms with E-state index < -0.39 is 12.0 Å². The fourth-order valence-corrected chi connectivity index (χ4v) is 2.19. The van der Waals surface area contributed by atoms with Crippen molar-refractivity contribution in [3.8, 4) is 11.3 Å². The maximum absolute atomic E-state index is 11.1. The van der Waals surface area contributed by atoms with Crippen LogP contribution in [0.3, 0.4) is 0 Å². The van der Waals surface area contributed by atoms with Crippen LogP contribution in [0.25, 0.3) is 22.0 Å². The molecule has 5 nitrogen and oxygen atoms in total. The van der Waals surface area contributed by atoms with Gasteiger partial charge in [0, 0.05) is 5.56 Å². The number of carboxylic acids is 1. The summed E-state index contributed by atoms with van der Waals surface area (Å²) in [5, 5.41) is 19.1. The van der Waals surface area contributed by atoms with Gasteiger partial charge in [-0.25, -0.2) is 9.48 Å². The Hall–Kier alpha value is -2.69. The Bertz CT molecular complexity index is 779. The zero-order chi connectivity index (χ0) is 14.1. The number of carbonyl (C=O) groups is 1. The first-order valence-electron chi connectivity index (χ1n) is 6.29. The molecule has 0 amide bonds. The summed E-state index contributed by atoms with van der Waals surface area (Å²) in [5.74, 6) is -0.933. The number of aromatic nitrogens is 3. The second kappa shape index (κ2) is 4.77. The third-order valence-corrected chi connectivity index (χ3v) is 3.34. The number of nitrogens with zero attached hydrogens (tertiary/aromatic N) is 3. The molecule has 1 unspecified atom stereocenters. The van der Waals surface area contributed by atoms with E-state index in [0.29, 0.717) is 5.69 Å². The largest absolute Gasteiger partial charge is 0.480 e. The summed E-state index contributed by atoms with van der Waals surface area (Å²) in [6.45, 7) is 1.58. The van der Waals surface area contributed by atoms with E-state index in [-0.39, 0.29) is 0 Å². The van der Waals surface area contributed by atoms with Gasteiger partial charge in [0.2, 0.25) is 0 Å². The third-order valence-electron chi connectivity index (χ3n) is 3.34. The standard InChI is InChI=1S/C15H13N3O2/c1-10(15(19)20)18-14(9-16-17-18)13-7-6-11-4-2-3-5-12(11)8-13/h2-10H,1H3,(H,19,20). The molecule has 1 atom stereocenters. The summed E-state index contributed by atoms with van der Waals surface area (Å²) < 4.78 is 1.42. The molecule has 0 radical (unpaired) electrons. The summed E-state index contributed by atoms with van der Waals surface area (Å²) in [6, 6.07) is 13.2. The van der Waals surface area contributed by atoms with Crippen molar-refractivity contribution >= 4 is 16.7 Å². The van der Waals surface area contributed by atoms with Gasteiger partial charge in [-0.1, -0.05) is 41.6 Å². The minimum Gasteiger partial charge on any atom is -0.480 e. The van der Waals surface area contributed by atoms with E-state index in [1.54, 1.807) is 13.1 Å². The monoisotopic (exact) mass is 267 g/mol. The summed E-state index contributed by atoms with van der Waals surface area (Å²) in [7, 11) is 0. The second-order valence-corrected chi connectivity index (χ2v) is 4.64. The Morgan fingerprint density at radius 3 is 2.70 bits per heavy atom. The van der Waals surface area contributed by atoms with Crippen molar-refractivity contribution in [3.63, 3.8) is 0 Å². The van der Waals surface area contributed by atoms with Gasteiger partial charge in [-0.2, -0.15) is 0 Å². The van der Waals surface area contributed by atoms with Crippen molar-refractivity contribution in [2.24, 2.45) is 0 Å². The van der Waals surface area contributed by atoms with Crippen molar-refractivity contribution in [1.29, 1.82) is 0 Å². The minimum absolute atomic E-state index is 0.700. The molecule has 0 bridgehead atoms. The number of carboxylic acid groups (broad SMARTS) is 1. The highest BCUT2D eigenvalue weighted by atomic mass is 16.4. The van der Waals surface area contributed by atoms with Crippen molar-refractivity contribution in [3.05, 3.63) is 48.7 Å². The van der Waals surface area contributed by atoms with Crippen LogP contribution in [0, 0.1) is 0 Å². The fourth-order valence-electron chi connectivity index (χ4n) is 2.19. The zero-order valence-corrected chi connectivity index (χ0v) is 10.9. The van der Waals surface area contributed by atoms with Gasteiger partial charge in [-0.05, 0) is 23.8 Å². The van der Waals surface area contributed by atoms with Crippen LogP contribution in [0.15, 0.2) is 48.7 Å². The smallest absolute Gasteiger partial charge is 0.328 e. The van der Waals surface area contributed by atoms with E-state index in [4.69, 9.17) is 5.11 Å². The van der Waals surface area contributed by atoms with E-state index in [1.807, 2.05) is 42.5 Å². The highest BCUT2D eigenvalue weighted by Crippen LogP contribution is 2.25. The molecule has 1 heterocycles. The molecule has 0 aliphatic heterocycles. The van der Waals surface area contributed by atoms with Crippen LogP contribution in [-0.4, -0.2) is 26.1 Å². The summed E-state index contributed by atoms with van der Waals surface area (Å²) in [5.41, 5.74) is 1.60. The molecule has 0 aliphatic rings. The van der Waals surface area contributed by atoms with Crippen LogP contribution in [0.4, 0.5) is 0 Å². The molecule has 0 saturated carbocycles. The Balaban J connectivity index is 2.12. The fraction of sp³-hybridized carbons (Fsp3) is 0.133. The van der Waals surface area contributed by atoms with E-state index in [1.165, 1.54) is 4.68 Å². The molecular formula is C15H13N3O2. The van der Waals surface area contributed by atoms with Gasteiger partial charge in [0.1, 0.15) is 6.04 Å². The number of hydrogen-bond donors (Lipinski definition) is 1. The van der Waals surface area contributed by atoms with Crippen LogP contribution in [0.1, 0.15) is 13.0 Å². The molecule has 5 heteroatoms. The molecular weight excluding hydrogens is 254 g/mol. The first-order chi connectivity index (χ1) is 9.66. The number of fused-ring (bicyclic) bond motifs is 1. The maximum Gasteiger partial charge on any atom is 0.328 e. The lowest BCUT2D eigenvalue weighted by Gasteiger charge is -2.10. The summed E-state index contributed by atoms with van der Waals surface area (Å²) >= 11 is 0. The molecule has 1 N–H and O–H groups in total.